The Balaban J connectivity index is 2.01. The summed E-state index contributed by atoms with van der Waals surface area (Å²) in [6.45, 7) is 5.29. The Bertz CT molecular complexity index is 438. The molecule has 1 aromatic rings. The Morgan fingerprint density at radius 1 is 1.18 bits per heavy atom. The highest BCUT2D eigenvalue weighted by Gasteiger charge is 2.54. The minimum absolute atomic E-state index is 0.00516. The van der Waals surface area contributed by atoms with E-state index in [0.717, 1.165) is 10.0 Å². The molecule has 3 aliphatic heterocycles. The zero-order valence-electron chi connectivity index (χ0n) is 9.90. The second kappa shape index (κ2) is 3.79. The van der Waals surface area contributed by atoms with Crippen LogP contribution in [0.2, 0.25) is 0 Å². The van der Waals surface area contributed by atoms with Crippen molar-refractivity contribution in [3.8, 4) is 0 Å². The van der Waals surface area contributed by atoms with Crippen LogP contribution in [0.15, 0.2) is 28.7 Å². The van der Waals surface area contributed by atoms with E-state index in [9.17, 15) is 0 Å². The van der Waals surface area contributed by atoms with E-state index in [2.05, 4.69) is 28.9 Å². The van der Waals surface area contributed by atoms with E-state index in [1.165, 1.54) is 0 Å². The van der Waals surface area contributed by atoms with Crippen LogP contribution in [0.4, 0.5) is 0 Å². The predicted molar refractivity (Wildman–Crippen MR) is 66.4 cm³/mol. The summed E-state index contributed by atoms with van der Waals surface area (Å²) in [5.74, 6) is -0.891. The number of halogens is 1. The molecular weight excluding hydrogens is 284 g/mol. The molecule has 1 aromatic carbocycles. The van der Waals surface area contributed by atoms with Gasteiger partial charge in [-0.2, -0.15) is 0 Å². The molecule has 17 heavy (non-hydrogen) atoms. The Kier molecular flexibility index (Phi) is 2.60. The minimum Gasteiger partial charge on any atom is -0.327 e. The van der Waals surface area contributed by atoms with Crippen LogP contribution in [0.3, 0.4) is 0 Å². The van der Waals surface area contributed by atoms with Gasteiger partial charge in [-0.15, -0.1) is 0 Å². The SMILES string of the molecule is CC12OCC(C)(CO1)C(c1ccccc1Br)O2. The molecule has 4 rings (SSSR count). The highest BCUT2D eigenvalue weighted by Crippen LogP contribution is 2.51. The van der Waals surface area contributed by atoms with Gasteiger partial charge in [-0.05, 0) is 11.6 Å². The molecule has 3 fully saturated rings. The third-order valence-electron chi connectivity index (χ3n) is 3.48. The number of hydrogen-bond acceptors (Lipinski definition) is 3. The van der Waals surface area contributed by atoms with Gasteiger partial charge >= 0.3 is 0 Å². The van der Waals surface area contributed by atoms with Gasteiger partial charge in [-0.1, -0.05) is 41.1 Å². The Hall–Kier alpha value is -0.420. The number of hydrogen-bond donors (Lipinski definition) is 0. The maximum atomic E-state index is 5.97. The van der Waals surface area contributed by atoms with Crippen molar-refractivity contribution in [2.45, 2.75) is 25.9 Å². The van der Waals surface area contributed by atoms with Gasteiger partial charge in [0.25, 0.3) is 5.97 Å². The van der Waals surface area contributed by atoms with Crippen LogP contribution in [0.1, 0.15) is 25.5 Å². The second-order valence-electron chi connectivity index (χ2n) is 5.11. The van der Waals surface area contributed by atoms with Crippen molar-refractivity contribution in [2.24, 2.45) is 5.41 Å². The number of fused-ring (bicyclic) bond motifs is 3. The Morgan fingerprint density at radius 2 is 1.82 bits per heavy atom. The van der Waals surface area contributed by atoms with Gasteiger partial charge in [0.1, 0.15) is 0 Å². The Morgan fingerprint density at radius 3 is 2.47 bits per heavy atom. The van der Waals surface area contributed by atoms with E-state index in [4.69, 9.17) is 14.2 Å². The van der Waals surface area contributed by atoms with Gasteiger partial charge in [0.05, 0.1) is 19.3 Å². The molecule has 1 atom stereocenters. The lowest BCUT2D eigenvalue weighted by molar-refractivity contribution is -0.481. The fourth-order valence-electron chi connectivity index (χ4n) is 2.38. The van der Waals surface area contributed by atoms with Crippen LogP contribution in [-0.4, -0.2) is 19.2 Å². The normalized spacial score (nSPS) is 40.5. The van der Waals surface area contributed by atoms with Crippen molar-refractivity contribution >= 4 is 15.9 Å². The molecule has 0 saturated carbocycles. The van der Waals surface area contributed by atoms with Gasteiger partial charge in [-0.25, -0.2) is 0 Å². The van der Waals surface area contributed by atoms with E-state index < -0.39 is 5.97 Å². The predicted octanol–water partition coefficient (Wildman–Crippen LogP) is 3.25. The van der Waals surface area contributed by atoms with Crippen LogP contribution in [0, 0.1) is 5.41 Å². The maximum Gasteiger partial charge on any atom is 0.280 e. The van der Waals surface area contributed by atoms with Gasteiger partial charge < -0.3 is 14.2 Å². The molecule has 2 bridgehead atoms. The Labute approximate surface area is 109 Å². The van der Waals surface area contributed by atoms with Gasteiger partial charge in [0.2, 0.25) is 0 Å². The standard InChI is InChI=1S/C13H15BrO3/c1-12-7-15-13(2,16-8-12)17-11(12)9-5-3-4-6-10(9)14/h3-6,11H,7-8H2,1-2H3. The first kappa shape index (κ1) is 11.7. The topological polar surface area (TPSA) is 27.7 Å². The number of ether oxygens (including phenoxy) is 3. The van der Waals surface area contributed by atoms with Gasteiger partial charge in [0.15, 0.2) is 0 Å². The lowest BCUT2D eigenvalue weighted by atomic mass is 9.80. The molecule has 0 spiro atoms. The first-order valence-corrected chi connectivity index (χ1v) is 6.52. The van der Waals surface area contributed by atoms with Crippen molar-refractivity contribution in [1.82, 2.24) is 0 Å². The van der Waals surface area contributed by atoms with Crippen LogP contribution in [-0.2, 0) is 14.2 Å². The van der Waals surface area contributed by atoms with E-state index in [1.54, 1.807) is 0 Å². The fraction of sp³-hybridized carbons (Fsp3) is 0.538. The van der Waals surface area contributed by atoms with E-state index in [0.29, 0.717) is 13.2 Å². The summed E-state index contributed by atoms with van der Waals surface area (Å²) in [5.41, 5.74) is 1.04. The van der Waals surface area contributed by atoms with Crippen LogP contribution >= 0.6 is 15.9 Å². The summed E-state index contributed by atoms with van der Waals surface area (Å²) in [5, 5.41) is 0. The monoisotopic (exact) mass is 298 g/mol. The van der Waals surface area contributed by atoms with Crippen molar-refractivity contribution in [2.75, 3.05) is 13.2 Å². The molecule has 1 unspecified atom stereocenters. The van der Waals surface area contributed by atoms with E-state index in [1.807, 2.05) is 25.1 Å². The quantitative estimate of drug-likeness (QED) is 0.796. The van der Waals surface area contributed by atoms with E-state index in [-0.39, 0.29) is 11.5 Å². The molecule has 3 saturated heterocycles. The molecule has 0 aliphatic carbocycles. The average molecular weight is 299 g/mol. The summed E-state index contributed by atoms with van der Waals surface area (Å²) in [4.78, 5) is 0. The van der Waals surface area contributed by atoms with Crippen LogP contribution in [0.25, 0.3) is 0 Å². The fourth-order valence-corrected chi connectivity index (χ4v) is 2.87. The van der Waals surface area contributed by atoms with E-state index >= 15 is 0 Å². The van der Waals surface area contributed by atoms with Crippen molar-refractivity contribution in [3.63, 3.8) is 0 Å². The maximum absolute atomic E-state index is 5.97. The smallest absolute Gasteiger partial charge is 0.280 e. The number of rotatable bonds is 1. The molecular formula is C13H15BrO3. The first-order valence-electron chi connectivity index (χ1n) is 5.73. The highest BCUT2D eigenvalue weighted by atomic mass is 79.9. The zero-order valence-corrected chi connectivity index (χ0v) is 11.5. The van der Waals surface area contributed by atoms with Gasteiger partial charge in [-0.3, -0.25) is 0 Å². The summed E-state index contributed by atoms with van der Waals surface area (Å²) >= 11 is 3.58. The lowest BCUT2D eigenvalue weighted by Crippen LogP contribution is -2.58. The average Bonchev–Trinajstić information content (AvgIpc) is 2.32. The first-order chi connectivity index (χ1) is 8.03. The molecule has 3 heterocycles. The minimum atomic E-state index is -0.891. The summed E-state index contributed by atoms with van der Waals surface area (Å²) < 4.78 is 18.2. The molecule has 3 nitrogen and oxygen atoms in total. The lowest BCUT2D eigenvalue weighted by Gasteiger charge is -2.54. The van der Waals surface area contributed by atoms with Crippen molar-refractivity contribution in [3.05, 3.63) is 34.3 Å². The summed E-state index contributed by atoms with van der Waals surface area (Å²) in [7, 11) is 0. The molecule has 4 heteroatoms. The molecule has 0 radical (unpaired) electrons. The zero-order chi connectivity index (χ0) is 12.1. The third kappa shape index (κ3) is 1.83. The molecule has 0 N–H and O–H groups in total. The molecule has 92 valence electrons. The van der Waals surface area contributed by atoms with Crippen molar-refractivity contribution < 1.29 is 14.2 Å². The highest BCUT2D eigenvalue weighted by molar-refractivity contribution is 9.10. The van der Waals surface area contributed by atoms with Gasteiger partial charge in [0, 0.05) is 16.8 Å². The van der Waals surface area contributed by atoms with Crippen molar-refractivity contribution in [1.29, 1.82) is 0 Å². The summed E-state index contributed by atoms with van der Waals surface area (Å²) in [6.07, 6.45) is 0.00516. The molecule has 0 amide bonds. The molecule has 0 aromatic heterocycles. The second-order valence-corrected chi connectivity index (χ2v) is 5.97. The number of benzene rings is 1. The summed E-state index contributed by atoms with van der Waals surface area (Å²) in [6, 6.07) is 8.16. The largest absolute Gasteiger partial charge is 0.327 e. The molecule has 3 aliphatic rings. The third-order valence-corrected chi connectivity index (χ3v) is 4.20. The van der Waals surface area contributed by atoms with Crippen LogP contribution < -0.4 is 0 Å². The van der Waals surface area contributed by atoms with Crippen LogP contribution in [0.5, 0.6) is 0 Å².